The van der Waals surface area contributed by atoms with Gasteiger partial charge < -0.3 is 10.2 Å². The summed E-state index contributed by atoms with van der Waals surface area (Å²) in [6.45, 7) is 3.85. The molecule has 126 valence electrons. The third kappa shape index (κ3) is 3.40. The number of hydrogen-bond acceptors (Lipinski definition) is 7. The standard InChI is InChI=1S/C18H19N7/c1-13-3-2-6-21-17(13)24-18-22-7-4-15(23-18)14-5-10-25(12-14)16-11-19-8-9-20-16/h2-4,6-9,11,14H,5,10,12H2,1H3,(H,21,22,23,24)/t14-/m0/s1. The Labute approximate surface area is 146 Å². The second-order valence-electron chi connectivity index (χ2n) is 6.09. The molecule has 1 saturated heterocycles. The summed E-state index contributed by atoms with van der Waals surface area (Å²) in [6.07, 6.45) is 9.82. The van der Waals surface area contributed by atoms with Gasteiger partial charge in [0.1, 0.15) is 11.6 Å². The third-order valence-electron chi connectivity index (χ3n) is 4.40. The topological polar surface area (TPSA) is 79.7 Å². The summed E-state index contributed by atoms with van der Waals surface area (Å²) < 4.78 is 0. The maximum atomic E-state index is 4.69. The van der Waals surface area contributed by atoms with Crippen LogP contribution in [0.1, 0.15) is 23.6 Å². The average Bonchev–Trinajstić information content (AvgIpc) is 3.15. The lowest BCUT2D eigenvalue weighted by atomic mass is 10.1. The van der Waals surface area contributed by atoms with E-state index in [0.717, 1.165) is 42.4 Å². The van der Waals surface area contributed by atoms with Crippen LogP contribution in [-0.2, 0) is 0 Å². The van der Waals surface area contributed by atoms with Gasteiger partial charge in [0.2, 0.25) is 5.95 Å². The summed E-state index contributed by atoms with van der Waals surface area (Å²) in [6, 6.07) is 5.91. The molecule has 0 bridgehead atoms. The lowest BCUT2D eigenvalue weighted by molar-refractivity contribution is 0.740. The van der Waals surface area contributed by atoms with Crippen molar-refractivity contribution in [2.75, 3.05) is 23.3 Å². The van der Waals surface area contributed by atoms with Crippen LogP contribution < -0.4 is 10.2 Å². The highest BCUT2D eigenvalue weighted by molar-refractivity contribution is 5.52. The van der Waals surface area contributed by atoms with Crippen molar-refractivity contribution in [2.45, 2.75) is 19.3 Å². The first-order valence-corrected chi connectivity index (χ1v) is 8.32. The quantitative estimate of drug-likeness (QED) is 0.786. The minimum absolute atomic E-state index is 0.357. The zero-order valence-electron chi connectivity index (χ0n) is 14.0. The van der Waals surface area contributed by atoms with Crippen LogP contribution in [0.3, 0.4) is 0 Å². The van der Waals surface area contributed by atoms with Crippen LogP contribution >= 0.6 is 0 Å². The molecule has 0 aromatic carbocycles. The molecule has 0 spiro atoms. The number of rotatable bonds is 4. The Hall–Kier alpha value is -3.09. The molecule has 3 aromatic rings. The Kier molecular flexibility index (Phi) is 4.20. The van der Waals surface area contributed by atoms with Crippen LogP contribution in [0.2, 0.25) is 0 Å². The zero-order chi connectivity index (χ0) is 17.1. The van der Waals surface area contributed by atoms with E-state index in [0.29, 0.717) is 11.9 Å². The summed E-state index contributed by atoms with van der Waals surface area (Å²) in [5.41, 5.74) is 2.10. The third-order valence-corrected chi connectivity index (χ3v) is 4.40. The molecule has 0 aliphatic carbocycles. The van der Waals surface area contributed by atoms with E-state index < -0.39 is 0 Å². The molecule has 1 fully saturated rings. The van der Waals surface area contributed by atoms with Crippen LogP contribution in [0, 0.1) is 6.92 Å². The maximum absolute atomic E-state index is 4.69. The molecule has 4 rings (SSSR count). The molecule has 7 heteroatoms. The molecule has 0 radical (unpaired) electrons. The van der Waals surface area contributed by atoms with Crippen molar-refractivity contribution >= 4 is 17.6 Å². The van der Waals surface area contributed by atoms with Crippen molar-refractivity contribution in [2.24, 2.45) is 0 Å². The second kappa shape index (κ2) is 6.80. The van der Waals surface area contributed by atoms with Gasteiger partial charge >= 0.3 is 0 Å². The largest absolute Gasteiger partial charge is 0.355 e. The van der Waals surface area contributed by atoms with Crippen LogP contribution in [0.4, 0.5) is 17.6 Å². The fourth-order valence-corrected chi connectivity index (χ4v) is 3.05. The van der Waals surface area contributed by atoms with Crippen molar-refractivity contribution in [3.63, 3.8) is 0 Å². The van der Waals surface area contributed by atoms with E-state index in [1.54, 1.807) is 31.0 Å². The predicted molar refractivity (Wildman–Crippen MR) is 95.9 cm³/mol. The number of nitrogens with zero attached hydrogens (tertiary/aromatic N) is 6. The number of hydrogen-bond donors (Lipinski definition) is 1. The average molecular weight is 333 g/mol. The van der Waals surface area contributed by atoms with Gasteiger partial charge in [-0.25, -0.2) is 19.9 Å². The van der Waals surface area contributed by atoms with Crippen molar-refractivity contribution in [1.29, 1.82) is 0 Å². The van der Waals surface area contributed by atoms with E-state index >= 15 is 0 Å². The van der Waals surface area contributed by atoms with E-state index in [-0.39, 0.29) is 0 Å². The zero-order valence-corrected chi connectivity index (χ0v) is 14.0. The van der Waals surface area contributed by atoms with Crippen LogP contribution in [0.15, 0.2) is 49.2 Å². The van der Waals surface area contributed by atoms with E-state index in [1.165, 1.54) is 0 Å². The minimum atomic E-state index is 0.357. The lowest BCUT2D eigenvalue weighted by Crippen LogP contribution is -2.20. The Bertz CT molecular complexity index is 853. The first-order valence-electron chi connectivity index (χ1n) is 8.32. The van der Waals surface area contributed by atoms with Crippen LogP contribution in [0.25, 0.3) is 0 Å². The molecule has 1 N–H and O–H groups in total. The van der Waals surface area contributed by atoms with Crippen molar-refractivity contribution < 1.29 is 0 Å². The molecular formula is C18H19N7. The summed E-state index contributed by atoms with van der Waals surface area (Å²) in [5, 5.41) is 3.21. The van der Waals surface area contributed by atoms with Gasteiger partial charge in [-0.3, -0.25) is 4.98 Å². The van der Waals surface area contributed by atoms with Crippen LogP contribution in [-0.4, -0.2) is 38.0 Å². The highest BCUT2D eigenvalue weighted by Crippen LogP contribution is 2.29. The minimum Gasteiger partial charge on any atom is -0.355 e. The van der Waals surface area contributed by atoms with Gasteiger partial charge in [-0.05, 0) is 31.0 Å². The van der Waals surface area contributed by atoms with Gasteiger partial charge in [0, 0.05) is 43.8 Å². The molecule has 7 nitrogen and oxygen atoms in total. The maximum Gasteiger partial charge on any atom is 0.228 e. The molecule has 1 aliphatic heterocycles. The van der Waals surface area contributed by atoms with Crippen molar-refractivity contribution in [3.05, 3.63) is 60.4 Å². The predicted octanol–water partition coefficient (Wildman–Crippen LogP) is 2.71. The monoisotopic (exact) mass is 333 g/mol. The van der Waals surface area contributed by atoms with E-state index in [1.807, 2.05) is 25.1 Å². The van der Waals surface area contributed by atoms with Crippen LogP contribution in [0.5, 0.6) is 0 Å². The van der Waals surface area contributed by atoms with Gasteiger partial charge in [-0.15, -0.1) is 0 Å². The summed E-state index contributed by atoms with van der Waals surface area (Å²) in [5.74, 6) is 2.64. The molecular weight excluding hydrogens is 314 g/mol. The number of nitrogens with one attached hydrogen (secondary N) is 1. The molecule has 0 amide bonds. The molecule has 0 saturated carbocycles. The Morgan fingerprint density at radius 1 is 1.08 bits per heavy atom. The molecule has 1 aliphatic rings. The summed E-state index contributed by atoms with van der Waals surface area (Å²) in [7, 11) is 0. The molecule has 1 atom stereocenters. The van der Waals surface area contributed by atoms with Crippen molar-refractivity contribution in [3.8, 4) is 0 Å². The summed E-state index contributed by atoms with van der Waals surface area (Å²) in [4.78, 5) is 24.1. The van der Waals surface area contributed by atoms with Gasteiger partial charge in [0.15, 0.2) is 0 Å². The van der Waals surface area contributed by atoms with Gasteiger partial charge in [0.05, 0.1) is 11.9 Å². The number of pyridine rings is 1. The lowest BCUT2D eigenvalue weighted by Gasteiger charge is -2.16. The van der Waals surface area contributed by atoms with E-state index in [2.05, 4.69) is 30.2 Å². The molecule has 3 aromatic heterocycles. The van der Waals surface area contributed by atoms with Gasteiger partial charge in [-0.1, -0.05) is 6.07 Å². The highest BCUT2D eigenvalue weighted by Gasteiger charge is 2.26. The van der Waals surface area contributed by atoms with Crippen molar-refractivity contribution in [1.82, 2.24) is 24.9 Å². The molecule has 0 unspecified atom stereocenters. The number of aromatic nitrogens is 5. The first-order chi connectivity index (χ1) is 12.3. The highest BCUT2D eigenvalue weighted by atomic mass is 15.2. The fourth-order valence-electron chi connectivity index (χ4n) is 3.05. The smallest absolute Gasteiger partial charge is 0.228 e. The normalized spacial score (nSPS) is 16.8. The first kappa shape index (κ1) is 15.4. The van der Waals surface area contributed by atoms with Gasteiger partial charge in [-0.2, -0.15) is 0 Å². The molecule has 25 heavy (non-hydrogen) atoms. The number of anilines is 3. The molecule has 4 heterocycles. The Morgan fingerprint density at radius 2 is 2.04 bits per heavy atom. The second-order valence-corrected chi connectivity index (χ2v) is 6.09. The fraction of sp³-hybridized carbons (Fsp3) is 0.278. The van der Waals surface area contributed by atoms with E-state index in [4.69, 9.17) is 4.98 Å². The summed E-state index contributed by atoms with van der Waals surface area (Å²) >= 11 is 0. The van der Waals surface area contributed by atoms with Gasteiger partial charge in [0.25, 0.3) is 0 Å². The van der Waals surface area contributed by atoms with E-state index in [9.17, 15) is 0 Å². The number of aryl methyl sites for hydroxylation is 1. The SMILES string of the molecule is Cc1cccnc1Nc1nccc([C@H]2CCN(c3cnccn3)C2)n1. The Morgan fingerprint density at radius 3 is 2.88 bits per heavy atom. The Balaban J connectivity index is 1.50.